The summed E-state index contributed by atoms with van der Waals surface area (Å²) >= 11 is 0. The van der Waals surface area contributed by atoms with E-state index in [1.165, 1.54) is 12.8 Å². The van der Waals surface area contributed by atoms with Crippen molar-refractivity contribution in [2.24, 2.45) is 11.8 Å². The molecule has 0 aliphatic heterocycles. The highest BCUT2D eigenvalue weighted by atomic mass is 35.5. The number of halogens is 1. The molecular formula is C16H25ClN2O2. The average Bonchev–Trinajstić information content (AvgIpc) is 3.27. The Hall–Kier alpha value is -1.26. The normalized spacial score (nSPS) is 15.0. The van der Waals surface area contributed by atoms with Crippen LogP contribution < -0.4 is 15.4 Å². The first kappa shape index (κ1) is 17.8. The Labute approximate surface area is 133 Å². The van der Waals surface area contributed by atoms with E-state index in [0.717, 1.165) is 23.8 Å². The van der Waals surface area contributed by atoms with Crippen molar-refractivity contribution in [1.29, 1.82) is 0 Å². The number of benzene rings is 1. The molecular weight excluding hydrogens is 288 g/mol. The Kier molecular flexibility index (Phi) is 7.54. The number of ether oxygens (including phenoxy) is 1. The summed E-state index contributed by atoms with van der Waals surface area (Å²) in [5.41, 5.74) is 1.04. The molecule has 4 nitrogen and oxygen atoms in total. The second kappa shape index (κ2) is 8.90. The van der Waals surface area contributed by atoms with Crippen molar-refractivity contribution >= 4 is 18.3 Å². The fourth-order valence-electron chi connectivity index (χ4n) is 2.04. The fourth-order valence-corrected chi connectivity index (χ4v) is 2.04. The molecule has 0 saturated heterocycles. The third-order valence-electron chi connectivity index (χ3n) is 3.56. The quantitative estimate of drug-likeness (QED) is 0.775. The van der Waals surface area contributed by atoms with Gasteiger partial charge in [0.15, 0.2) is 0 Å². The first-order valence-corrected chi connectivity index (χ1v) is 7.33. The maximum Gasteiger partial charge on any atom is 0.224 e. The molecule has 1 saturated carbocycles. The number of carbonyl (C=O) groups is 1. The predicted octanol–water partition coefficient (Wildman–Crippen LogP) is 2.37. The zero-order chi connectivity index (χ0) is 14.4. The Morgan fingerprint density at radius 3 is 2.76 bits per heavy atom. The number of nitrogens with one attached hydrogen (secondary N) is 2. The Bertz CT molecular complexity index is 450. The van der Waals surface area contributed by atoms with Gasteiger partial charge in [-0.25, -0.2) is 0 Å². The van der Waals surface area contributed by atoms with Crippen LogP contribution in [0.4, 0.5) is 0 Å². The van der Waals surface area contributed by atoms with Gasteiger partial charge in [0.1, 0.15) is 5.75 Å². The lowest BCUT2D eigenvalue weighted by molar-refractivity contribution is -0.124. The molecule has 0 spiro atoms. The van der Waals surface area contributed by atoms with Gasteiger partial charge in [-0.1, -0.05) is 25.1 Å². The van der Waals surface area contributed by atoms with E-state index in [4.69, 9.17) is 4.74 Å². The van der Waals surface area contributed by atoms with Gasteiger partial charge >= 0.3 is 0 Å². The molecule has 1 atom stereocenters. The number of carbonyl (C=O) groups excluding carboxylic acids is 1. The summed E-state index contributed by atoms with van der Waals surface area (Å²) in [6.45, 7) is 3.92. The van der Waals surface area contributed by atoms with Gasteiger partial charge in [0.25, 0.3) is 0 Å². The first-order chi connectivity index (χ1) is 9.70. The zero-order valence-corrected chi connectivity index (χ0v) is 13.5. The summed E-state index contributed by atoms with van der Waals surface area (Å²) in [6, 6.07) is 7.92. The molecule has 1 amide bonds. The lowest BCUT2D eigenvalue weighted by Gasteiger charge is -2.14. The van der Waals surface area contributed by atoms with Crippen LogP contribution >= 0.6 is 12.4 Å². The van der Waals surface area contributed by atoms with Gasteiger partial charge in [0, 0.05) is 24.6 Å². The van der Waals surface area contributed by atoms with E-state index in [9.17, 15) is 4.79 Å². The molecule has 118 valence electrons. The summed E-state index contributed by atoms with van der Waals surface area (Å²) in [4.78, 5) is 11.9. The van der Waals surface area contributed by atoms with Gasteiger partial charge in [-0.05, 0) is 31.9 Å². The van der Waals surface area contributed by atoms with Gasteiger partial charge in [0.2, 0.25) is 5.91 Å². The number of rotatable bonds is 8. The lowest BCUT2D eigenvalue weighted by atomic mass is 10.1. The minimum atomic E-state index is -0.0282. The van der Waals surface area contributed by atoms with Crippen molar-refractivity contribution in [2.75, 3.05) is 20.2 Å². The van der Waals surface area contributed by atoms with Crippen LogP contribution in [-0.4, -0.2) is 26.1 Å². The second-order valence-corrected chi connectivity index (χ2v) is 5.54. The summed E-state index contributed by atoms with van der Waals surface area (Å²) in [5.74, 6) is 1.66. The molecule has 2 N–H and O–H groups in total. The smallest absolute Gasteiger partial charge is 0.224 e. The molecule has 1 aliphatic carbocycles. The third kappa shape index (κ3) is 5.94. The highest BCUT2D eigenvalue weighted by Gasteiger charge is 2.22. The standard InChI is InChI=1S/C16H24N2O2.ClH/c1-12(9-17-2)16(19)18-10-14-5-3-4-6-15(14)20-11-13-7-8-13;/h3-6,12-13,17H,7-11H2,1-2H3,(H,18,19);1H. The van der Waals surface area contributed by atoms with E-state index in [-0.39, 0.29) is 24.2 Å². The maximum atomic E-state index is 11.9. The van der Waals surface area contributed by atoms with Crippen molar-refractivity contribution in [1.82, 2.24) is 10.6 Å². The van der Waals surface area contributed by atoms with Gasteiger partial charge in [-0.15, -0.1) is 12.4 Å². The van der Waals surface area contributed by atoms with Crippen molar-refractivity contribution in [3.63, 3.8) is 0 Å². The van der Waals surface area contributed by atoms with E-state index < -0.39 is 0 Å². The average molecular weight is 313 g/mol. The van der Waals surface area contributed by atoms with Crippen LogP contribution in [0, 0.1) is 11.8 Å². The van der Waals surface area contributed by atoms with Crippen LogP contribution in [0.1, 0.15) is 25.3 Å². The monoisotopic (exact) mass is 312 g/mol. The predicted molar refractivity (Wildman–Crippen MR) is 86.8 cm³/mol. The van der Waals surface area contributed by atoms with Crippen molar-refractivity contribution in [3.8, 4) is 5.75 Å². The van der Waals surface area contributed by atoms with Gasteiger partial charge < -0.3 is 15.4 Å². The first-order valence-electron chi connectivity index (χ1n) is 7.33. The maximum absolute atomic E-state index is 11.9. The summed E-state index contributed by atoms with van der Waals surface area (Å²) in [5, 5.41) is 5.98. The van der Waals surface area contributed by atoms with Crippen LogP contribution in [0.2, 0.25) is 0 Å². The number of hydrogen-bond donors (Lipinski definition) is 2. The van der Waals surface area contributed by atoms with E-state index in [0.29, 0.717) is 13.1 Å². The third-order valence-corrected chi connectivity index (χ3v) is 3.56. The molecule has 1 fully saturated rings. The fraction of sp³-hybridized carbons (Fsp3) is 0.562. The van der Waals surface area contributed by atoms with Crippen LogP contribution in [-0.2, 0) is 11.3 Å². The molecule has 2 rings (SSSR count). The summed E-state index contributed by atoms with van der Waals surface area (Å²) < 4.78 is 5.84. The van der Waals surface area contributed by atoms with E-state index in [2.05, 4.69) is 10.6 Å². The Balaban J connectivity index is 0.00000220. The van der Waals surface area contributed by atoms with Gasteiger partial charge in [0.05, 0.1) is 6.61 Å². The molecule has 1 unspecified atom stereocenters. The topological polar surface area (TPSA) is 50.4 Å². The van der Waals surface area contributed by atoms with Crippen LogP contribution in [0.3, 0.4) is 0 Å². The van der Waals surface area contributed by atoms with E-state index in [1.54, 1.807) is 0 Å². The molecule has 1 aromatic carbocycles. The minimum Gasteiger partial charge on any atom is -0.493 e. The second-order valence-electron chi connectivity index (χ2n) is 5.54. The van der Waals surface area contributed by atoms with Crippen LogP contribution in [0.25, 0.3) is 0 Å². The molecule has 21 heavy (non-hydrogen) atoms. The van der Waals surface area contributed by atoms with Crippen LogP contribution in [0.15, 0.2) is 24.3 Å². The lowest BCUT2D eigenvalue weighted by Crippen LogP contribution is -2.34. The molecule has 0 bridgehead atoms. The van der Waals surface area contributed by atoms with Crippen molar-refractivity contribution in [3.05, 3.63) is 29.8 Å². The Morgan fingerprint density at radius 2 is 2.10 bits per heavy atom. The Morgan fingerprint density at radius 1 is 1.38 bits per heavy atom. The zero-order valence-electron chi connectivity index (χ0n) is 12.7. The number of amides is 1. The van der Waals surface area contributed by atoms with Gasteiger partial charge in [-0.2, -0.15) is 0 Å². The SMILES string of the molecule is CNCC(C)C(=O)NCc1ccccc1OCC1CC1.Cl. The van der Waals surface area contributed by atoms with E-state index >= 15 is 0 Å². The molecule has 1 aliphatic rings. The summed E-state index contributed by atoms with van der Waals surface area (Å²) in [6.07, 6.45) is 2.56. The minimum absolute atomic E-state index is 0. The molecule has 0 radical (unpaired) electrons. The molecule has 0 aromatic heterocycles. The molecule has 1 aromatic rings. The van der Waals surface area contributed by atoms with E-state index in [1.807, 2.05) is 38.2 Å². The summed E-state index contributed by atoms with van der Waals surface area (Å²) in [7, 11) is 1.85. The largest absolute Gasteiger partial charge is 0.493 e. The highest BCUT2D eigenvalue weighted by Crippen LogP contribution is 2.30. The molecule has 0 heterocycles. The van der Waals surface area contributed by atoms with Crippen molar-refractivity contribution in [2.45, 2.75) is 26.3 Å². The molecule has 5 heteroatoms. The number of para-hydroxylation sites is 1. The van der Waals surface area contributed by atoms with Crippen LogP contribution in [0.5, 0.6) is 5.75 Å². The van der Waals surface area contributed by atoms with Gasteiger partial charge in [-0.3, -0.25) is 4.79 Å². The number of hydrogen-bond acceptors (Lipinski definition) is 3. The van der Waals surface area contributed by atoms with Crippen molar-refractivity contribution < 1.29 is 9.53 Å². The highest BCUT2D eigenvalue weighted by molar-refractivity contribution is 5.85.